The Bertz CT molecular complexity index is 525. The van der Waals surface area contributed by atoms with E-state index >= 15 is 0 Å². The van der Waals surface area contributed by atoms with Gasteiger partial charge in [-0.05, 0) is 44.2 Å². The number of oxime groups is 1. The second-order valence-electron chi connectivity index (χ2n) is 5.50. The molecule has 0 radical (unpaired) electrons. The first kappa shape index (κ1) is 13.2. The predicted octanol–water partition coefficient (Wildman–Crippen LogP) is 2.60. The zero-order chi connectivity index (χ0) is 14.1. The summed E-state index contributed by atoms with van der Waals surface area (Å²) in [6.45, 7) is 0. The van der Waals surface area contributed by atoms with Gasteiger partial charge in [-0.15, -0.1) is 0 Å². The van der Waals surface area contributed by atoms with Crippen molar-refractivity contribution in [3.63, 3.8) is 0 Å². The smallest absolute Gasteiger partial charge is 0.313 e. The van der Waals surface area contributed by atoms with Crippen LogP contribution in [0.25, 0.3) is 0 Å². The molecule has 1 aromatic carbocycles. The maximum atomic E-state index is 12.8. The summed E-state index contributed by atoms with van der Waals surface area (Å²) >= 11 is 0. The molecule has 2 aliphatic rings. The van der Waals surface area contributed by atoms with E-state index in [0.29, 0.717) is 17.6 Å². The Labute approximate surface area is 117 Å². The quantitative estimate of drug-likeness (QED) is 0.616. The Balaban J connectivity index is 1.63. The molecule has 2 fully saturated rings. The number of halogens is 1. The van der Waals surface area contributed by atoms with Gasteiger partial charge >= 0.3 is 5.97 Å². The van der Waals surface area contributed by atoms with Gasteiger partial charge in [0.2, 0.25) is 0 Å². The molecule has 0 saturated carbocycles. The first-order valence-corrected chi connectivity index (χ1v) is 6.88. The number of fused-ring (bicyclic) bond motifs is 2. The van der Waals surface area contributed by atoms with Crippen molar-refractivity contribution in [1.29, 1.82) is 0 Å². The Kier molecular flexibility index (Phi) is 3.53. The van der Waals surface area contributed by atoms with E-state index in [-0.39, 0.29) is 5.82 Å². The lowest BCUT2D eigenvalue weighted by atomic mass is 10.0. The van der Waals surface area contributed by atoms with E-state index in [4.69, 9.17) is 4.84 Å². The van der Waals surface area contributed by atoms with Crippen LogP contribution in [0.3, 0.4) is 0 Å². The second kappa shape index (κ2) is 5.32. The van der Waals surface area contributed by atoms with Crippen LogP contribution < -0.4 is 0 Å². The van der Waals surface area contributed by atoms with Gasteiger partial charge in [-0.2, -0.15) is 0 Å². The maximum Gasteiger partial charge on any atom is 0.365 e. The van der Waals surface area contributed by atoms with Crippen LogP contribution in [0.1, 0.15) is 36.0 Å². The highest BCUT2D eigenvalue weighted by Crippen LogP contribution is 2.32. The zero-order valence-corrected chi connectivity index (χ0v) is 11.4. The first-order chi connectivity index (χ1) is 9.63. The van der Waals surface area contributed by atoms with E-state index in [1.54, 1.807) is 0 Å². The van der Waals surface area contributed by atoms with Crippen LogP contribution in [-0.2, 0) is 4.84 Å². The minimum atomic E-state index is -0.538. The zero-order valence-electron chi connectivity index (χ0n) is 11.4. The highest BCUT2D eigenvalue weighted by Gasteiger charge is 2.36. The summed E-state index contributed by atoms with van der Waals surface area (Å²) in [5.74, 6) is -0.913. The van der Waals surface area contributed by atoms with Crippen molar-refractivity contribution in [2.45, 2.75) is 37.8 Å². The van der Waals surface area contributed by atoms with Gasteiger partial charge in [-0.1, -0.05) is 5.16 Å². The van der Waals surface area contributed by atoms with Crippen molar-refractivity contribution in [3.05, 3.63) is 35.6 Å². The molecule has 2 atom stereocenters. The monoisotopic (exact) mass is 276 g/mol. The van der Waals surface area contributed by atoms with Gasteiger partial charge in [-0.25, -0.2) is 9.18 Å². The van der Waals surface area contributed by atoms with Gasteiger partial charge in [0.05, 0.1) is 11.3 Å². The molecule has 0 unspecified atom stereocenters. The summed E-state index contributed by atoms with van der Waals surface area (Å²) in [4.78, 5) is 19.1. The molecule has 0 spiro atoms. The third-order valence-corrected chi connectivity index (χ3v) is 4.27. The molecule has 2 heterocycles. The van der Waals surface area contributed by atoms with E-state index in [0.717, 1.165) is 18.6 Å². The molecule has 0 aliphatic carbocycles. The molecule has 3 rings (SSSR count). The van der Waals surface area contributed by atoms with Crippen LogP contribution in [0.4, 0.5) is 4.39 Å². The fraction of sp³-hybridized carbons (Fsp3) is 0.467. The summed E-state index contributed by atoms with van der Waals surface area (Å²) < 4.78 is 12.8. The van der Waals surface area contributed by atoms with Crippen LogP contribution in [0, 0.1) is 5.82 Å². The summed E-state index contributed by atoms with van der Waals surface area (Å²) in [6, 6.07) is 6.32. The van der Waals surface area contributed by atoms with Crippen molar-refractivity contribution in [1.82, 2.24) is 4.90 Å². The van der Waals surface area contributed by atoms with Crippen LogP contribution in [0.2, 0.25) is 0 Å². The van der Waals surface area contributed by atoms with E-state index in [1.165, 1.54) is 37.1 Å². The van der Waals surface area contributed by atoms with Gasteiger partial charge in [0, 0.05) is 24.9 Å². The van der Waals surface area contributed by atoms with Gasteiger partial charge in [0.25, 0.3) is 0 Å². The number of nitrogens with zero attached hydrogens (tertiary/aromatic N) is 2. The fourth-order valence-electron chi connectivity index (χ4n) is 3.03. The van der Waals surface area contributed by atoms with E-state index in [1.807, 2.05) is 0 Å². The van der Waals surface area contributed by atoms with Crippen molar-refractivity contribution in [2.75, 3.05) is 7.05 Å². The molecule has 0 amide bonds. The Hall–Kier alpha value is -1.75. The third kappa shape index (κ3) is 2.58. The van der Waals surface area contributed by atoms with Crippen molar-refractivity contribution in [3.8, 4) is 0 Å². The molecule has 20 heavy (non-hydrogen) atoms. The molecule has 0 aromatic heterocycles. The molecule has 2 saturated heterocycles. The van der Waals surface area contributed by atoms with Crippen LogP contribution >= 0.6 is 0 Å². The number of rotatable bonds is 2. The molecule has 5 heteroatoms. The molecular formula is C15H17FN2O2. The molecule has 1 aromatic rings. The van der Waals surface area contributed by atoms with Crippen molar-refractivity contribution in [2.24, 2.45) is 5.16 Å². The largest absolute Gasteiger partial charge is 0.365 e. The second-order valence-corrected chi connectivity index (χ2v) is 5.50. The molecule has 106 valence electrons. The lowest BCUT2D eigenvalue weighted by Gasteiger charge is -2.31. The molecule has 4 nitrogen and oxygen atoms in total. The average Bonchev–Trinajstić information content (AvgIpc) is 2.66. The van der Waals surface area contributed by atoms with Crippen LogP contribution in [-0.4, -0.2) is 35.7 Å². The Morgan fingerprint density at radius 2 is 1.85 bits per heavy atom. The third-order valence-electron chi connectivity index (χ3n) is 4.27. The Morgan fingerprint density at radius 3 is 2.45 bits per heavy atom. The highest BCUT2D eigenvalue weighted by atomic mass is 19.1. The van der Waals surface area contributed by atoms with Crippen LogP contribution in [0.15, 0.2) is 29.4 Å². The minimum Gasteiger partial charge on any atom is -0.313 e. The SMILES string of the molecule is CN1[C@@H]2CC[C@@H]1CC(=NOC(=O)c1ccc(F)cc1)C2. The van der Waals surface area contributed by atoms with Gasteiger partial charge < -0.3 is 4.84 Å². The van der Waals surface area contributed by atoms with Crippen LogP contribution in [0.5, 0.6) is 0 Å². The normalized spacial score (nSPS) is 25.6. The number of benzene rings is 1. The first-order valence-electron chi connectivity index (χ1n) is 6.88. The molecular weight excluding hydrogens is 259 g/mol. The molecule has 2 bridgehead atoms. The fourth-order valence-corrected chi connectivity index (χ4v) is 3.03. The lowest BCUT2D eigenvalue weighted by molar-refractivity contribution is 0.0510. The number of hydrogen-bond acceptors (Lipinski definition) is 4. The van der Waals surface area contributed by atoms with Gasteiger partial charge in [0.15, 0.2) is 0 Å². The van der Waals surface area contributed by atoms with Crippen molar-refractivity contribution >= 4 is 11.7 Å². The standard InChI is InChI=1S/C15H17FN2O2/c1-18-13-6-7-14(18)9-12(8-13)17-20-15(19)10-2-4-11(16)5-3-10/h2-5,13-14H,6-9H2,1H3/t13-,14-/m1/s1. The molecule has 0 N–H and O–H groups in total. The van der Waals surface area contributed by atoms with E-state index < -0.39 is 5.97 Å². The predicted molar refractivity (Wildman–Crippen MR) is 73.1 cm³/mol. The summed E-state index contributed by atoms with van der Waals surface area (Å²) in [7, 11) is 2.14. The Morgan fingerprint density at radius 1 is 1.25 bits per heavy atom. The highest BCUT2D eigenvalue weighted by molar-refractivity contribution is 5.91. The summed E-state index contributed by atoms with van der Waals surface area (Å²) in [5.41, 5.74) is 1.26. The lowest BCUT2D eigenvalue weighted by Crippen LogP contribution is -2.40. The maximum absolute atomic E-state index is 12.8. The molecule has 2 aliphatic heterocycles. The van der Waals surface area contributed by atoms with Crippen molar-refractivity contribution < 1.29 is 14.0 Å². The minimum absolute atomic E-state index is 0.312. The van der Waals surface area contributed by atoms with Gasteiger partial charge in [0.1, 0.15) is 5.82 Å². The number of carbonyl (C=O) groups excluding carboxylic acids is 1. The average molecular weight is 276 g/mol. The van der Waals surface area contributed by atoms with Gasteiger partial charge in [-0.3, -0.25) is 4.90 Å². The van der Waals surface area contributed by atoms with E-state index in [9.17, 15) is 9.18 Å². The topological polar surface area (TPSA) is 41.9 Å². The number of piperidine rings is 1. The van der Waals surface area contributed by atoms with E-state index in [2.05, 4.69) is 17.1 Å². The number of hydrogen-bond donors (Lipinski definition) is 0. The summed E-state index contributed by atoms with van der Waals surface area (Å²) in [5, 5.41) is 4.00. The number of carbonyl (C=O) groups is 1. The summed E-state index contributed by atoms with van der Waals surface area (Å²) in [6.07, 6.45) is 4.10.